The quantitative estimate of drug-likeness (QED) is 0.256. The Morgan fingerprint density at radius 2 is 2.36 bits per heavy atom. The van der Waals surface area contributed by atoms with E-state index in [2.05, 4.69) is 16.9 Å². The van der Waals surface area contributed by atoms with Crippen molar-refractivity contribution in [3.05, 3.63) is 34.2 Å². The molecule has 11 heavy (non-hydrogen) atoms. The Morgan fingerprint density at radius 1 is 1.64 bits per heavy atom. The maximum absolute atomic E-state index is 7.96. The largest absolute Gasteiger partial charge is 0.0899 e. The average molecular weight is 151 g/mol. The Balaban J connectivity index is 3.80. The van der Waals surface area contributed by atoms with Gasteiger partial charge in [0, 0.05) is 11.5 Å². The molecule has 0 N–H and O–H groups in total. The zero-order valence-corrected chi connectivity index (χ0v) is 6.99. The lowest BCUT2D eigenvalue weighted by Gasteiger charge is -1.91. The first-order valence-electron chi connectivity index (χ1n) is 3.67. The summed E-state index contributed by atoms with van der Waals surface area (Å²) in [5.74, 6) is 0. The fourth-order valence-electron chi connectivity index (χ4n) is 0.706. The first-order valence-corrected chi connectivity index (χ1v) is 3.67. The highest BCUT2D eigenvalue weighted by Crippen LogP contribution is 2.00. The molecule has 0 bridgehead atoms. The van der Waals surface area contributed by atoms with Crippen LogP contribution in [-0.2, 0) is 0 Å². The Bertz CT molecular complexity index is 197. The number of hydrogen-bond acceptors (Lipinski definition) is 1. The van der Waals surface area contributed by atoms with Gasteiger partial charge < -0.3 is 0 Å². The molecule has 0 aromatic carbocycles. The van der Waals surface area contributed by atoms with Crippen molar-refractivity contribution in [2.45, 2.75) is 20.3 Å². The van der Waals surface area contributed by atoms with Crippen molar-refractivity contribution in [3.63, 3.8) is 0 Å². The van der Waals surface area contributed by atoms with Crippen LogP contribution in [0.4, 0.5) is 0 Å². The molecule has 0 rings (SSSR count). The van der Waals surface area contributed by atoms with Gasteiger partial charge in [0.2, 0.25) is 0 Å². The number of rotatable bonds is 4. The minimum Gasteiger partial charge on any atom is -0.0899 e. The molecule has 3 heteroatoms. The van der Waals surface area contributed by atoms with Gasteiger partial charge in [-0.1, -0.05) is 35.8 Å². The third-order valence-corrected chi connectivity index (χ3v) is 1.36. The SMILES string of the molecule is C/C=C(/C=C/CN=[N+]=[N-])CC. The van der Waals surface area contributed by atoms with Crippen LogP contribution in [0.3, 0.4) is 0 Å². The molecule has 0 spiro atoms. The second-order valence-corrected chi connectivity index (χ2v) is 2.03. The summed E-state index contributed by atoms with van der Waals surface area (Å²) >= 11 is 0. The van der Waals surface area contributed by atoms with E-state index in [-0.39, 0.29) is 0 Å². The van der Waals surface area contributed by atoms with E-state index in [1.807, 2.05) is 25.2 Å². The highest BCUT2D eigenvalue weighted by molar-refractivity contribution is 5.17. The average Bonchev–Trinajstić information content (AvgIpc) is 2.05. The van der Waals surface area contributed by atoms with Crippen LogP contribution in [0.5, 0.6) is 0 Å². The Morgan fingerprint density at radius 3 is 2.82 bits per heavy atom. The summed E-state index contributed by atoms with van der Waals surface area (Å²) < 4.78 is 0. The normalized spacial score (nSPS) is 11.6. The molecule has 60 valence electrons. The van der Waals surface area contributed by atoms with E-state index in [0.29, 0.717) is 6.54 Å². The van der Waals surface area contributed by atoms with Crippen molar-refractivity contribution >= 4 is 0 Å². The van der Waals surface area contributed by atoms with Crippen LogP contribution in [0.2, 0.25) is 0 Å². The lowest BCUT2D eigenvalue weighted by molar-refractivity contribution is 1.13. The van der Waals surface area contributed by atoms with E-state index in [1.54, 1.807) is 0 Å². The Hall–Kier alpha value is -1.21. The predicted molar refractivity (Wildman–Crippen MR) is 47.2 cm³/mol. The van der Waals surface area contributed by atoms with Gasteiger partial charge in [-0.25, -0.2) is 0 Å². The van der Waals surface area contributed by atoms with Crippen LogP contribution < -0.4 is 0 Å². The van der Waals surface area contributed by atoms with Gasteiger partial charge in [0.15, 0.2) is 0 Å². The summed E-state index contributed by atoms with van der Waals surface area (Å²) in [5, 5.41) is 3.38. The molecule has 0 atom stereocenters. The smallest absolute Gasteiger partial charge is 0.0443 e. The van der Waals surface area contributed by atoms with E-state index in [1.165, 1.54) is 5.57 Å². The van der Waals surface area contributed by atoms with Gasteiger partial charge in [0.25, 0.3) is 0 Å². The summed E-state index contributed by atoms with van der Waals surface area (Å²) in [6.45, 7) is 4.53. The van der Waals surface area contributed by atoms with Gasteiger partial charge in [-0.15, -0.1) is 0 Å². The van der Waals surface area contributed by atoms with Gasteiger partial charge in [-0.05, 0) is 18.9 Å². The van der Waals surface area contributed by atoms with Crippen LogP contribution in [0.25, 0.3) is 10.4 Å². The zero-order chi connectivity index (χ0) is 8.53. The van der Waals surface area contributed by atoms with Crippen molar-refractivity contribution < 1.29 is 0 Å². The molecular weight excluding hydrogens is 138 g/mol. The molecule has 0 unspecified atom stereocenters. The maximum Gasteiger partial charge on any atom is 0.0443 e. The van der Waals surface area contributed by atoms with Gasteiger partial charge in [0.1, 0.15) is 0 Å². The summed E-state index contributed by atoms with van der Waals surface area (Å²) in [7, 11) is 0. The van der Waals surface area contributed by atoms with Crippen LogP contribution in [0, 0.1) is 0 Å². The molecule has 0 aliphatic heterocycles. The zero-order valence-electron chi connectivity index (χ0n) is 6.99. The Labute approximate surface area is 67.0 Å². The van der Waals surface area contributed by atoms with E-state index in [0.717, 1.165) is 6.42 Å². The fourth-order valence-corrected chi connectivity index (χ4v) is 0.706. The second kappa shape index (κ2) is 6.90. The van der Waals surface area contributed by atoms with Crippen molar-refractivity contribution in [2.75, 3.05) is 6.54 Å². The molecule has 0 saturated carbocycles. The van der Waals surface area contributed by atoms with Crippen molar-refractivity contribution in [3.8, 4) is 0 Å². The minimum atomic E-state index is 0.438. The van der Waals surface area contributed by atoms with E-state index in [4.69, 9.17) is 5.53 Å². The molecule has 3 nitrogen and oxygen atoms in total. The number of allylic oxidation sites excluding steroid dienone is 3. The second-order valence-electron chi connectivity index (χ2n) is 2.03. The van der Waals surface area contributed by atoms with Gasteiger partial charge in [-0.2, -0.15) is 0 Å². The van der Waals surface area contributed by atoms with E-state index >= 15 is 0 Å². The van der Waals surface area contributed by atoms with E-state index < -0.39 is 0 Å². The predicted octanol–water partition coefficient (Wildman–Crippen LogP) is 3.21. The third-order valence-electron chi connectivity index (χ3n) is 1.36. The maximum atomic E-state index is 7.96. The van der Waals surface area contributed by atoms with Crippen molar-refractivity contribution in [2.24, 2.45) is 5.11 Å². The molecule has 0 fully saturated rings. The highest BCUT2D eigenvalue weighted by Gasteiger charge is 1.81. The van der Waals surface area contributed by atoms with Crippen LogP contribution >= 0.6 is 0 Å². The van der Waals surface area contributed by atoms with Crippen molar-refractivity contribution in [1.29, 1.82) is 0 Å². The van der Waals surface area contributed by atoms with Gasteiger partial charge >= 0.3 is 0 Å². The molecule has 0 aromatic heterocycles. The number of nitrogens with zero attached hydrogens (tertiary/aromatic N) is 3. The molecular formula is C8H13N3. The summed E-state index contributed by atoms with van der Waals surface area (Å²) in [6, 6.07) is 0. The molecule has 0 saturated heterocycles. The molecule has 0 heterocycles. The van der Waals surface area contributed by atoms with Crippen molar-refractivity contribution in [1.82, 2.24) is 0 Å². The molecule has 0 radical (unpaired) electrons. The van der Waals surface area contributed by atoms with Crippen LogP contribution in [-0.4, -0.2) is 6.54 Å². The summed E-state index contributed by atoms with van der Waals surface area (Å²) in [5.41, 5.74) is 9.22. The standard InChI is InChI=1S/C8H13N3/c1-3-8(4-2)6-5-7-10-11-9/h3,5-6H,4,7H2,1-2H3/b6-5+,8-3+. The summed E-state index contributed by atoms with van der Waals surface area (Å²) in [6.07, 6.45) is 6.91. The van der Waals surface area contributed by atoms with Crippen LogP contribution in [0.15, 0.2) is 28.9 Å². The third kappa shape index (κ3) is 5.25. The first-order chi connectivity index (χ1) is 5.35. The van der Waals surface area contributed by atoms with Crippen LogP contribution in [0.1, 0.15) is 20.3 Å². The van der Waals surface area contributed by atoms with Gasteiger partial charge in [0.05, 0.1) is 0 Å². The molecule has 0 aliphatic rings. The molecule has 0 aromatic rings. The minimum absolute atomic E-state index is 0.438. The lowest BCUT2D eigenvalue weighted by Crippen LogP contribution is -1.74. The van der Waals surface area contributed by atoms with Gasteiger partial charge in [-0.3, -0.25) is 0 Å². The summed E-state index contributed by atoms with van der Waals surface area (Å²) in [4.78, 5) is 2.64. The molecule has 0 amide bonds. The Kier molecular flexibility index (Phi) is 6.14. The number of hydrogen-bond donors (Lipinski definition) is 0. The number of azide groups is 1. The first kappa shape index (κ1) is 9.79. The fraction of sp³-hybridized carbons (Fsp3) is 0.500. The lowest BCUT2D eigenvalue weighted by atomic mass is 10.2. The highest BCUT2D eigenvalue weighted by atomic mass is 15.1. The topological polar surface area (TPSA) is 48.8 Å². The monoisotopic (exact) mass is 151 g/mol. The molecule has 0 aliphatic carbocycles. The van der Waals surface area contributed by atoms with E-state index in [9.17, 15) is 0 Å².